The second-order valence-electron chi connectivity index (χ2n) is 8.04. The van der Waals surface area contributed by atoms with Crippen molar-refractivity contribution in [1.29, 1.82) is 0 Å². The Hall–Kier alpha value is -4.27. The van der Waals surface area contributed by atoms with Crippen LogP contribution in [0.25, 0.3) is 17.1 Å². The lowest BCUT2D eigenvalue weighted by molar-refractivity contribution is -0.137. The van der Waals surface area contributed by atoms with Crippen LogP contribution in [0.3, 0.4) is 0 Å². The number of aromatic nitrogens is 3. The zero-order chi connectivity index (χ0) is 25.2. The molecule has 1 amide bonds. The molecule has 0 aliphatic rings. The van der Waals surface area contributed by atoms with Gasteiger partial charge in [-0.25, -0.2) is 4.98 Å². The first-order chi connectivity index (χ1) is 16.6. The van der Waals surface area contributed by atoms with E-state index in [1.807, 2.05) is 6.92 Å². The van der Waals surface area contributed by atoms with Crippen molar-refractivity contribution in [2.45, 2.75) is 26.1 Å². The normalized spacial score (nSPS) is 12.3. The first-order valence-corrected chi connectivity index (χ1v) is 10.7. The van der Waals surface area contributed by atoms with Gasteiger partial charge in [-0.05, 0) is 61.4 Å². The predicted molar refractivity (Wildman–Crippen MR) is 125 cm³/mol. The number of carbonyl (C=O) groups is 1. The van der Waals surface area contributed by atoms with Gasteiger partial charge in [-0.15, -0.1) is 0 Å². The summed E-state index contributed by atoms with van der Waals surface area (Å²) in [6.07, 6.45) is 0.107. The Morgan fingerprint density at radius 3 is 2.37 bits per heavy atom. The molecule has 1 N–H and O–H groups in total. The number of carbonyl (C=O) groups excluding carboxylic acids is 1. The van der Waals surface area contributed by atoms with E-state index >= 15 is 0 Å². The zero-order valence-corrected chi connectivity index (χ0v) is 18.9. The lowest BCUT2D eigenvalue weighted by Crippen LogP contribution is -2.29. The summed E-state index contributed by atoms with van der Waals surface area (Å²) in [5, 5.41) is 2.78. The molecule has 6 nitrogen and oxygen atoms in total. The van der Waals surface area contributed by atoms with Crippen LogP contribution in [0.5, 0.6) is 0 Å². The quantitative estimate of drug-likeness (QED) is 0.432. The highest BCUT2D eigenvalue weighted by Crippen LogP contribution is 2.30. The van der Waals surface area contributed by atoms with Crippen LogP contribution in [0.2, 0.25) is 0 Å². The van der Waals surface area contributed by atoms with Crippen LogP contribution in [-0.4, -0.2) is 20.4 Å². The molecule has 3 heterocycles. The lowest BCUT2D eigenvalue weighted by atomic mass is 10.0. The Bertz CT molecular complexity index is 1400. The third-order valence-electron chi connectivity index (χ3n) is 5.45. The number of amides is 1. The first kappa shape index (κ1) is 23.9. The van der Waals surface area contributed by atoms with Crippen molar-refractivity contribution in [3.05, 3.63) is 112 Å². The van der Waals surface area contributed by atoms with E-state index in [1.165, 1.54) is 29.0 Å². The number of hydrogen-bond acceptors (Lipinski definition) is 4. The van der Waals surface area contributed by atoms with Gasteiger partial charge in [0.05, 0.1) is 28.4 Å². The predicted octanol–water partition coefficient (Wildman–Crippen LogP) is 5.11. The van der Waals surface area contributed by atoms with Crippen LogP contribution in [0, 0.1) is 6.92 Å². The van der Waals surface area contributed by atoms with Crippen LogP contribution >= 0.6 is 0 Å². The number of pyridine rings is 3. The maximum absolute atomic E-state index is 13.2. The highest BCUT2D eigenvalue weighted by Gasteiger charge is 2.30. The molecule has 9 heteroatoms. The molecule has 4 aromatic rings. The third kappa shape index (κ3) is 5.29. The van der Waals surface area contributed by atoms with E-state index in [2.05, 4.69) is 15.3 Å². The third-order valence-corrected chi connectivity index (χ3v) is 5.45. The molecule has 0 radical (unpaired) electrons. The molecule has 0 unspecified atom stereocenters. The summed E-state index contributed by atoms with van der Waals surface area (Å²) in [6, 6.07) is 14.0. The fraction of sp³-hybridized carbons (Fsp3) is 0.154. The number of nitrogens with one attached hydrogen (secondary N) is 1. The molecule has 178 valence electrons. The molecule has 1 aromatic carbocycles. The molecule has 0 aliphatic carbocycles. The fourth-order valence-corrected chi connectivity index (χ4v) is 3.51. The smallest absolute Gasteiger partial charge is 0.345 e. The largest absolute Gasteiger partial charge is 0.416 e. The molecular formula is C26H21F3N4O2. The van der Waals surface area contributed by atoms with Crippen molar-refractivity contribution < 1.29 is 18.0 Å². The highest BCUT2D eigenvalue weighted by atomic mass is 19.4. The monoisotopic (exact) mass is 478 g/mol. The summed E-state index contributed by atoms with van der Waals surface area (Å²) < 4.78 is 39.8. The Labute approximate surface area is 199 Å². The van der Waals surface area contributed by atoms with Crippen molar-refractivity contribution in [2.24, 2.45) is 0 Å². The summed E-state index contributed by atoms with van der Waals surface area (Å²) in [5.74, 6) is -0.168. The molecule has 1 atom stereocenters. The van der Waals surface area contributed by atoms with E-state index in [1.54, 1.807) is 49.6 Å². The van der Waals surface area contributed by atoms with Gasteiger partial charge in [0.2, 0.25) is 0 Å². The number of benzene rings is 1. The van der Waals surface area contributed by atoms with E-state index in [0.717, 1.165) is 17.7 Å². The molecule has 0 aliphatic heterocycles. The second-order valence-corrected chi connectivity index (χ2v) is 8.04. The van der Waals surface area contributed by atoms with Crippen molar-refractivity contribution >= 4 is 5.91 Å². The molecule has 3 aromatic heterocycles. The molecular weight excluding hydrogens is 457 g/mol. The summed E-state index contributed by atoms with van der Waals surface area (Å²) in [5.41, 5.74) is 1.03. The van der Waals surface area contributed by atoms with Crippen molar-refractivity contribution in [1.82, 2.24) is 19.9 Å². The average molecular weight is 478 g/mol. The fourth-order valence-electron chi connectivity index (χ4n) is 3.51. The molecule has 35 heavy (non-hydrogen) atoms. The SMILES string of the molecule is Cc1ccc(-n2cc(C(=O)N[C@H](C)c3ccc(C(F)(F)F)cc3)cc(-c3ccccn3)c2=O)nc1. The minimum absolute atomic E-state index is 0.173. The van der Waals surface area contributed by atoms with Gasteiger partial charge in [-0.3, -0.25) is 19.1 Å². The van der Waals surface area contributed by atoms with Crippen LogP contribution in [0.1, 0.15) is 40.0 Å². The van der Waals surface area contributed by atoms with Crippen LogP contribution in [-0.2, 0) is 6.18 Å². The number of aryl methyl sites for hydroxylation is 1. The standard InChI is InChI=1S/C26H21F3N4O2/c1-16-6-11-23(31-14-16)33-15-19(13-21(25(33)35)22-5-3-4-12-30-22)24(34)32-17(2)18-7-9-20(10-8-18)26(27,28)29/h3-15,17H,1-2H3,(H,32,34)/t17-/m1/s1. The van der Waals surface area contributed by atoms with Crippen LogP contribution in [0.15, 0.2) is 84.0 Å². The highest BCUT2D eigenvalue weighted by molar-refractivity contribution is 5.95. The van der Waals surface area contributed by atoms with Gasteiger partial charge >= 0.3 is 6.18 Å². The summed E-state index contributed by atoms with van der Waals surface area (Å²) >= 11 is 0. The van der Waals surface area contributed by atoms with Crippen molar-refractivity contribution in [2.75, 3.05) is 0 Å². The molecule has 0 saturated heterocycles. The molecule has 0 fully saturated rings. The van der Waals surface area contributed by atoms with Crippen molar-refractivity contribution in [3.8, 4) is 17.1 Å². The molecule has 0 bridgehead atoms. The van der Waals surface area contributed by atoms with E-state index in [-0.39, 0.29) is 11.1 Å². The number of halogens is 3. The Kier molecular flexibility index (Phi) is 6.50. The second kappa shape index (κ2) is 9.54. The van der Waals surface area contributed by atoms with Gasteiger partial charge in [0.15, 0.2) is 0 Å². The summed E-state index contributed by atoms with van der Waals surface area (Å²) in [7, 11) is 0. The Morgan fingerprint density at radius 2 is 1.77 bits per heavy atom. The van der Waals surface area contributed by atoms with E-state index in [4.69, 9.17) is 0 Å². The van der Waals surface area contributed by atoms with E-state index < -0.39 is 29.2 Å². The first-order valence-electron chi connectivity index (χ1n) is 10.7. The van der Waals surface area contributed by atoms with E-state index in [9.17, 15) is 22.8 Å². The van der Waals surface area contributed by atoms with Gasteiger partial charge in [-0.2, -0.15) is 13.2 Å². The maximum Gasteiger partial charge on any atom is 0.416 e. The molecule has 0 spiro atoms. The number of alkyl halides is 3. The van der Waals surface area contributed by atoms with Crippen LogP contribution < -0.4 is 10.9 Å². The maximum atomic E-state index is 13.2. The van der Waals surface area contributed by atoms with Crippen molar-refractivity contribution in [3.63, 3.8) is 0 Å². The zero-order valence-electron chi connectivity index (χ0n) is 18.9. The average Bonchev–Trinajstić information content (AvgIpc) is 2.85. The molecule has 4 rings (SSSR count). The van der Waals surface area contributed by atoms with Gasteiger partial charge < -0.3 is 5.32 Å². The number of nitrogens with zero attached hydrogens (tertiary/aromatic N) is 3. The summed E-state index contributed by atoms with van der Waals surface area (Å²) in [4.78, 5) is 34.9. The van der Waals surface area contributed by atoms with Crippen LogP contribution in [0.4, 0.5) is 13.2 Å². The minimum Gasteiger partial charge on any atom is -0.345 e. The van der Waals surface area contributed by atoms with Gasteiger partial charge in [0.25, 0.3) is 11.5 Å². The molecule has 0 saturated carbocycles. The van der Waals surface area contributed by atoms with Gasteiger partial charge in [-0.1, -0.05) is 24.3 Å². The Morgan fingerprint density at radius 1 is 1.03 bits per heavy atom. The van der Waals surface area contributed by atoms with E-state index in [0.29, 0.717) is 17.1 Å². The minimum atomic E-state index is -4.44. The summed E-state index contributed by atoms with van der Waals surface area (Å²) in [6.45, 7) is 3.53. The van der Waals surface area contributed by atoms with Gasteiger partial charge in [0.1, 0.15) is 5.82 Å². The topological polar surface area (TPSA) is 76.9 Å². The lowest BCUT2D eigenvalue weighted by Gasteiger charge is -2.17. The number of hydrogen-bond donors (Lipinski definition) is 1. The van der Waals surface area contributed by atoms with Gasteiger partial charge in [0, 0.05) is 18.6 Å². The number of rotatable bonds is 5. The Balaban J connectivity index is 1.70.